The zero-order valence-electron chi connectivity index (χ0n) is 13.1. The van der Waals surface area contributed by atoms with Gasteiger partial charge < -0.3 is 10.6 Å². The van der Waals surface area contributed by atoms with Crippen LogP contribution in [-0.4, -0.2) is 48.6 Å². The Morgan fingerprint density at radius 2 is 2.05 bits per heavy atom. The topological polar surface area (TPSA) is 32.5 Å². The van der Waals surface area contributed by atoms with Crippen molar-refractivity contribution in [2.75, 3.05) is 33.2 Å². The molecule has 4 heteroatoms. The van der Waals surface area contributed by atoms with Crippen LogP contribution < -0.4 is 5.73 Å². The standard InChI is InChI=1S/C17H26FN3/c1-13(15-5-3-4-6-16(15)18)20(2)17(11-19)12-21-9-7-14(17)8-10-21/h3-6,13-14H,7-12,19H2,1-2H3. The maximum absolute atomic E-state index is 14.1. The molecule has 2 bridgehead atoms. The minimum atomic E-state index is -0.120. The molecule has 0 saturated carbocycles. The molecule has 2 unspecified atom stereocenters. The van der Waals surface area contributed by atoms with Crippen LogP contribution in [0.4, 0.5) is 4.39 Å². The van der Waals surface area contributed by atoms with Crippen molar-refractivity contribution < 1.29 is 4.39 Å². The molecule has 0 spiro atoms. The summed E-state index contributed by atoms with van der Waals surface area (Å²) >= 11 is 0. The first-order valence-electron chi connectivity index (χ1n) is 7.98. The molecule has 3 saturated heterocycles. The number of benzene rings is 1. The molecule has 0 amide bonds. The van der Waals surface area contributed by atoms with Gasteiger partial charge in [0.2, 0.25) is 0 Å². The molecule has 3 aliphatic rings. The lowest BCUT2D eigenvalue weighted by Gasteiger charge is -2.58. The molecule has 0 aliphatic carbocycles. The van der Waals surface area contributed by atoms with Crippen LogP contribution in [0.3, 0.4) is 0 Å². The molecule has 3 aliphatic heterocycles. The number of hydrogen-bond acceptors (Lipinski definition) is 3. The van der Waals surface area contributed by atoms with Crippen molar-refractivity contribution in [3.8, 4) is 0 Å². The summed E-state index contributed by atoms with van der Waals surface area (Å²) in [5.74, 6) is 0.511. The van der Waals surface area contributed by atoms with E-state index in [-0.39, 0.29) is 17.4 Å². The number of piperidine rings is 3. The van der Waals surface area contributed by atoms with Gasteiger partial charge in [0, 0.05) is 30.2 Å². The summed E-state index contributed by atoms with van der Waals surface area (Å²) in [7, 11) is 2.12. The normalized spacial score (nSPS) is 33.4. The van der Waals surface area contributed by atoms with Crippen molar-refractivity contribution in [3.63, 3.8) is 0 Å². The number of likely N-dealkylation sites (N-methyl/N-ethyl adjacent to an activating group) is 1. The predicted octanol–water partition coefficient (Wildman–Crippen LogP) is 2.24. The average Bonchev–Trinajstić information content (AvgIpc) is 2.54. The fourth-order valence-corrected chi connectivity index (χ4v) is 4.33. The smallest absolute Gasteiger partial charge is 0.127 e. The third-order valence-corrected chi connectivity index (χ3v) is 5.84. The Morgan fingerprint density at radius 3 is 2.57 bits per heavy atom. The number of hydrogen-bond donors (Lipinski definition) is 1. The zero-order valence-corrected chi connectivity index (χ0v) is 13.1. The van der Waals surface area contributed by atoms with Crippen LogP contribution in [0, 0.1) is 11.7 Å². The molecule has 2 atom stereocenters. The van der Waals surface area contributed by atoms with E-state index in [1.54, 1.807) is 12.1 Å². The summed E-state index contributed by atoms with van der Waals surface area (Å²) in [6.07, 6.45) is 2.43. The maximum Gasteiger partial charge on any atom is 0.127 e. The molecule has 2 N–H and O–H groups in total. The van der Waals surface area contributed by atoms with E-state index in [0.717, 1.165) is 12.1 Å². The number of fused-ring (bicyclic) bond motifs is 3. The molecule has 3 nitrogen and oxygen atoms in total. The van der Waals surface area contributed by atoms with Gasteiger partial charge in [-0.05, 0) is 51.9 Å². The van der Waals surface area contributed by atoms with E-state index in [0.29, 0.717) is 12.5 Å². The Bertz CT molecular complexity index is 499. The van der Waals surface area contributed by atoms with Crippen molar-refractivity contribution in [1.29, 1.82) is 0 Å². The third kappa shape index (κ3) is 2.39. The van der Waals surface area contributed by atoms with Crippen molar-refractivity contribution >= 4 is 0 Å². The molecule has 3 fully saturated rings. The number of nitrogens with two attached hydrogens (primary N) is 1. The Hall–Kier alpha value is -0.970. The van der Waals surface area contributed by atoms with Crippen molar-refractivity contribution in [1.82, 2.24) is 9.80 Å². The second-order valence-electron chi connectivity index (χ2n) is 6.67. The predicted molar refractivity (Wildman–Crippen MR) is 83.5 cm³/mol. The fourth-order valence-electron chi connectivity index (χ4n) is 4.33. The molecule has 21 heavy (non-hydrogen) atoms. The Kier molecular flexibility index (Phi) is 4.04. The highest BCUT2D eigenvalue weighted by Gasteiger charge is 2.49. The number of rotatable bonds is 4. The molecule has 4 rings (SSSR count). The van der Waals surface area contributed by atoms with Crippen molar-refractivity contribution in [3.05, 3.63) is 35.6 Å². The molecule has 0 aromatic heterocycles. The highest BCUT2D eigenvalue weighted by molar-refractivity contribution is 5.22. The molecular formula is C17H26FN3. The number of nitrogens with zero attached hydrogens (tertiary/aromatic N) is 2. The largest absolute Gasteiger partial charge is 0.329 e. The van der Waals surface area contributed by atoms with E-state index >= 15 is 0 Å². The first kappa shape index (κ1) is 14.9. The van der Waals surface area contributed by atoms with Gasteiger partial charge in [0.15, 0.2) is 0 Å². The van der Waals surface area contributed by atoms with Crippen LogP contribution in [0.1, 0.15) is 31.4 Å². The minimum Gasteiger partial charge on any atom is -0.329 e. The highest BCUT2D eigenvalue weighted by atomic mass is 19.1. The van der Waals surface area contributed by atoms with E-state index in [4.69, 9.17) is 5.73 Å². The van der Waals surface area contributed by atoms with E-state index in [9.17, 15) is 4.39 Å². The lowest BCUT2D eigenvalue weighted by Crippen LogP contribution is -2.69. The summed E-state index contributed by atoms with van der Waals surface area (Å²) in [4.78, 5) is 4.85. The van der Waals surface area contributed by atoms with Crippen LogP contribution in [0.5, 0.6) is 0 Å². The quantitative estimate of drug-likeness (QED) is 0.923. The summed E-state index contributed by atoms with van der Waals surface area (Å²) in [6.45, 7) is 6.13. The monoisotopic (exact) mass is 291 g/mol. The van der Waals surface area contributed by atoms with Gasteiger partial charge in [-0.25, -0.2) is 4.39 Å². The second kappa shape index (κ2) is 5.67. The summed E-state index contributed by atoms with van der Waals surface area (Å²) in [5.41, 5.74) is 6.97. The first-order valence-corrected chi connectivity index (χ1v) is 7.98. The van der Waals surface area contributed by atoms with Crippen LogP contribution in [0.25, 0.3) is 0 Å². The Labute approximate surface area is 126 Å². The molecule has 116 valence electrons. The first-order chi connectivity index (χ1) is 10.1. The lowest BCUT2D eigenvalue weighted by molar-refractivity contribution is -0.0715. The van der Waals surface area contributed by atoms with Crippen molar-refractivity contribution in [2.45, 2.75) is 31.3 Å². The van der Waals surface area contributed by atoms with Gasteiger partial charge in [0.25, 0.3) is 0 Å². The summed E-state index contributed by atoms with van der Waals surface area (Å²) in [6, 6.07) is 7.13. The summed E-state index contributed by atoms with van der Waals surface area (Å²) < 4.78 is 14.1. The van der Waals surface area contributed by atoms with Gasteiger partial charge in [-0.3, -0.25) is 4.90 Å². The number of halogens is 1. The van der Waals surface area contributed by atoms with Gasteiger partial charge in [-0.1, -0.05) is 18.2 Å². The summed E-state index contributed by atoms with van der Waals surface area (Å²) in [5, 5.41) is 0. The highest BCUT2D eigenvalue weighted by Crippen LogP contribution is 2.42. The zero-order chi connectivity index (χ0) is 15.0. The molecule has 3 heterocycles. The third-order valence-electron chi connectivity index (χ3n) is 5.84. The van der Waals surface area contributed by atoms with Gasteiger partial charge in [0.05, 0.1) is 0 Å². The maximum atomic E-state index is 14.1. The lowest BCUT2D eigenvalue weighted by atomic mass is 9.71. The molecular weight excluding hydrogens is 265 g/mol. The van der Waals surface area contributed by atoms with Crippen LogP contribution in [-0.2, 0) is 0 Å². The minimum absolute atomic E-state index is 0.0157. The van der Waals surface area contributed by atoms with Gasteiger partial charge in [0.1, 0.15) is 5.82 Å². The fraction of sp³-hybridized carbons (Fsp3) is 0.647. The Balaban J connectivity index is 1.89. The Morgan fingerprint density at radius 1 is 1.38 bits per heavy atom. The molecule has 1 aromatic rings. The molecule has 0 radical (unpaired) electrons. The van der Waals surface area contributed by atoms with E-state index in [1.807, 2.05) is 12.1 Å². The van der Waals surface area contributed by atoms with Gasteiger partial charge in [-0.2, -0.15) is 0 Å². The van der Waals surface area contributed by atoms with Crippen LogP contribution in [0.2, 0.25) is 0 Å². The van der Waals surface area contributed by atoms with Gasteiger partial charge >= 0.3 is 0 Å². The van der Waals surface area contributed by atoms with E-state index < -0.39 is 0 Å². The van der Waals surface area contributed by atoms with E-state index in [1.165, 1.54) is 25.9 Å². The van der Waals surface area contributed by atoms with Crippen LogP contribution >= 0.6 is 0 Å². The van der Waals surface area contributed by atoms with Crippen LogP contribution in [0.15, 0.2) is 24.3 Å². The van der Waals surface area contributed by atoms with E-state index in [2.05, 4.69) is 23.8 Å². The second-order valence-corrected chi connectivity index (χ2v) is 6.67. The SMILES string of the molecule is CC(c1ccccc1F)N(C)C1(CN)CN2CCC1CC2. The van der Waals surface area contributed by atoms with Crippen molar-refractivity contribution in [2.24, 2.45) is 11.7 Å². The molecule has 1 aromatic carbocycles. The van der Waals surface area contributed by atoms with Gasteiger partial charge in [-0.15, -0.1) is 0 Å². The average molecular weight is 291 g/mol.